The van der Waals surface area contributed by atoms with Crippen molar-refractivity contribution in [3.05, 3.63) is 0 Å². The molecule has 3 atom stereocenters. The van der Waals surface area contributed by atoms with Crippen LogP contribution in [-0.4, -0.2) is 79.0 Å². The van der Waals surface area contributed by atoms with Crippen molar-refractivity contribution in [1.29, 1.82) is 0 Å². The Morgan fingerprint density at radius 3 is 2.63 bits per heavy atom. The van der Waals surface area contributed by atoms with Gasteiger partial charge in [-0.2, -0.15) is 0 Å². The van der Waals surface area contributed by atoms with E-state index in [0.717, 1.165) is 58.8 Å². The van der Waals surface area contributed by atoms with Crippen LogP contribution in [0, 0.1) is 5.92 Å². The van der Waals surface area contributed by atoms with E-state index in [0.29, 0.717) is 18.5 Å². The lowest BCUT2D eigenvalue weighted by molar-refractivity contribution is -0.122. The molecule has 0 amide bonds. The van der Waals surface area contributed by atoms with Gasteiger partial charge in [-0.3, -0.25) is 9.80 Å². The second kappa shape index (κ2) is 5.66. The number of hydrogen-bond donors (Lipinski definition) is 2. The SMILES string of the molecule is NCC1(O)CC2CCC1CN2CCN1CCOCC1. The molecule has 3 aliphatic heterocycles. The molecule has 2 bridgehead atoms. The predicted octanol–water partition coefficient (Wildman–Crippen LogP) is -0.507. The maximum absolute atomic E-state index is 10.5. The van der Waals surface area contributed by atoms with Crippen LogP contribution < -0.4 is 5.73 Å². The van der Waals surface area contributed by atoms with Crippen molar-refractivity contribution in [2.45, 2.75) is 30.9 Å². The van der Waals surface area contributed by atoms with E-state index in [2.05, 4.69) is 9.80 Å². The highest BCUT2D eigenvalue weighted by Gasteiger charge is 2.48. The smallest absolute Gasteiger partial charge is 0.0824 e. The van der Waals surface area contributed by atoms with Gasteiger partial charge in [0.05, 0.1) is 18.8 Å². The van der Waals surface area contributed by atoms with Gasteiger partial charge in [0, 0.05) is 51.2 Å². The van der Waals surface area contributed by atoms with Gasteiger partial charge >= 0.3 is 0 Å². The molecule has 4 rings (SSSR count). The van der Waals surface area contributed by atoms with Crippen molar-refractivity contribution in [3.63, 3.8) is 0 Å². The van der Waals surface area contributed by atoms with Crippen molar-refractivity contribution in [2.75, 3.05) is 52.5 Å². The Bertz CT molecular complexity index is 309. The van der Waals surface area contributed by atoms with Gasteiger partial charge in [0.25, 0.3) is 0 Å². The summed E-state index contributed by atoms with van der Waals surface area (Å²) in [6.45, 7) is 7.59. The predicted molar refractivity (Wildman–Crippen MR) is 74.0 cm³/mol. The maximum atomic E-state index is 10.5. The highest BCUT2D eigenvalue weighted by atomic mass is 16.5. The van der Waals surface area contributed by atoms with Crippen LogP contribution in [0.1, 0.15) is 19.3 Å². The fraction of sp³-hybridized carbons (Fsp3) is 1.00. The lowest BCUT2D eigenvalue weighted by Crippen LogP contribution is -2.63. The van der Waals surface area contributed by atoms with Gasteiger partial charge in [-0.05, 0) is 19.3 Å². The Morgan fingerprint density at radius 2 is 2.00 bits per heavy atom. The largest absolute Gasteiger partial charge is 0.388 e. The molecule has 0 aromatic heterocycles. The molecule has 0 radical (unpaired) electrons. The minimum absolute atomic E-state index is 0.382. The fourth-order valence-corrected chi connectivity index (χ4v) is 3.96. The van der Waals surface area contributed by atoms with Crippen molar-refractivity contribution in [1.82, 2.24) is 9.80 Å². The number of morpholine rings is 1. The van der Waals surface area contributed by atoms with E-state index in [1.165, 1.54) is 6.42 Å². The second-order valence-corrected chi connectivity index (χ2v) is 6.39. The molecule has 3 saturated heterocycles. The molecule has 0 aromatic carbocycles. The third-order valence-electron chi connectivity index (χ3n) is 5.33. The van der Waals surface area contributed by atoms with Crippen LogP contribution >= 0.6 is 0 Å². The summed E-state index contributed by atoms with van der Waals surface area (Å²) in [6, 6.07) is 0.541. The normalized spacial score (nSPS) is 40.7. The van der Waals surface area contributed by atoms with Gasteiger partial charge in [0.15, 0.2) is 0 Å². The summed E-state index contributed by atoms with van der Waals surface area (Å²) >= 11 is 0. The van der Waals surface area contributed by atoms with Gasteiger partial charge in [0.2, 0.25) is 0 Å². The van der Waals surface area contributed by atoms with Crippen LogP contribution in [0.5, 0.6) is 0 Å². The van der Waals surface area contributed by atoms with Crippen LogP contribution in [-0.2, 0) is 4.74 Å². The zero-order valence-corrected chi connectivity index (χ0v) is 11.8. The summed E-state index contributed by atoms with van der Waals surface area (Å²) in [5, 5.41) is 10.5. The van der Waals surface area contributed by atoms with Crippen LogP contribution in [0.3, 0.4) is 0 Å². The van der Waals surface area contributed by atoms with E-state index < -0.39 is 5.60 Å². The van der Waals surface area contributed by atoms with E-state index >= 15 is 0 Å². The molecule has 1 aliphatic carbocycles. The molecule has 5 heteroatoms. The second-order valence-electron chi connectivity index (χ2n) is 6.39. The molecule has 0 aromatic rings. The third kappa shape index (κ3) is 2.81. The molecular formula is C14H27N3O2. The lowest BCUT2D eigenvalue weighted by atomic mass is 9.69. The Labute approximate surface area is 115 Å². The highest BCUT2D eigenvalue weighted by molar-refractivity contribution is 5.03. The topological polar surface area (TPSA) is 62.0 Å². The quantitative estimate of drug-likeness (QED) is 0.720. The number of nitrogens with two attached hydrogens (primary N) is 1. The van der Waals surface area contributed by atoms with Crippen molar-refractivity contribution < 1.29 is 9.84 Å². The molecule has 4 fully saturated rings. The van der Waals surface area contributed by atoms with E-state index in [4.69, 9.17) is 10.5 Å². The van der Waals surface area contributed by atoms with Gasteiger partial charge in [-0.25, -0.2) is 0 Å². The monoisotopic (exact) mass is 269 g/mol. The number of nitrogens with zero attached hydrogens (tertiary/aromatic N) is 2. The van der Waals surface area contributed by atoms with E-state index in [9.17, 15) is 5.11 Å². The molecular weight excluding hydrogens is 242 g/mol. The molecule has 5 nitrogen and oxygen atoms in total. The van der Waals surface area contributed by atoms with Gasteiger partial charge in [-0.15, -0.1) is 0 Å². The van der Waals surface area contributed by atoms with Crippen LogP contribution in [0.4, 0.5) is 0 Å². The molecule has 3 N–H and O–H groups in total. The Kier molecular flexibility index (Phi) is 4.10. The highest BCUT2D eigenvalue weighted by Crippen LogP contribution is 2.41. The summed E-state index contributed by atoms with van der Waals surface area (Å²) in [6.07, 6.45) is 3.25. The first-order valence-electron chi connectivity index (χ1n) is 7.68. The number of piperidine rings is 2. The van der Waals surface area contributed by atoms with Gasteiger partial charge in [0.1, 0.15) is 0 Å². The maximum Gasteiger partial charge on any atom is 0.0824 e. The van der Waals surface area contributed by atoms with Gasteiger partial charge in [-0.1, -0.05) is 0 Å². The van der Waals surface area contributed by atoms with Crippen molar-refractivity contribution in [3.8, 4) is 0 Å². The minimum Gasteiger partial charge on any atom is -0.388 e. The Hall–Kier alpha value is -0.200. The molecule has 1 saturated carbocycles. The molecule has 0 spiro atoms. The standard InChI is InChI=1S/C14H27N3O2/c15-11-14(18)9-13-2-1-12(14)10-17(13)4-3-16-5-7-19-8-6-16/h12-13,18H,1-11,15H2. The molecule has 3 unspecified atom stereocenters. The third-order valence-corrected chi connectivity index (χ3v) is 5.33. The summed E-state index contributed by atoms with van der Waals surface area (Å²) in [4.78, 5) is 5.06. The van der Waals surface area contributed by atoms with E-state index in [-0.39, 0.29) is 0 Å². The summed E-state index contributed by atoms with van der Waals surface area (Å²) in [5.41, 5.74) is 5.18. The first-order chi connectivity index (χ1) is 9.21. The van der Waals surface area contributed by atoms with E-state index in [1.54, 1.807) is 0 Å². The first-order valence-corrected chi connectivity index (χ1v) is 7.68. The molecule has 110 valence electrons. The number of fused-ring (bicyclic) bond motifs is 3. The van der Waals surface area contributed by atoms with Gasteiger partial charge < -0.3 is 15.6 Å². The minimum atomic E-state index is -0.585. The number of hydrogen-bond acceptors (Lipinski definition) is 5. The Morgan fingerprint density at radius 1 is 1.21 bits per heavy atom. The molecule has 3 heterocycles. The molecule has 4 aliphatic rings. The zero-order chi connectivity index (χ0) is 13.3. The first kappa shape index (κ1) is 13.8. The number of rotatable bonds is 4. The fourth-order valence-electron chi connectivity index (χ4n) is 3.96. The van der Waals surface area contributed by atoms with Crippen LogP contribution in [0.2, 0.25) is 0 Å². The van der Waals surface area contributed by atoms with E-state index in [1.807, 2.05) is 0 Å². The summed E-state index contributed by atoms with van der Waals surface area (Å²) in [5.74, 6) is 0.382. The van der Waals surface area contributed by atoms with Crippen molar-refractivity contribution in [2.24, 2.45) is 11.7 Å². The summed E-state index contributed by atoms with van der Waals surface area (Å²) < 4.78 is 5.38. The number of ether oxygens (including phenoxy) is 1. The van der Waals surface area contributed by atoms with Crippen LogP contribution in [0.15, 0.2) is 0 Å². The average molecular weight is 269 g/mol. The lowest BCUT2D eigenvalue weighted by Gasteiger charge is -2.54. The van der Waals surface area contributed by atoms with Crippen molar-refractivity contribution >= 4 is 0 Å². The van der Waals surface area contributed by atoms with Crippen LogP contribution in [0.25, 0.3) is 0 Å². The average Bonchev–Trinajstić information content (AvgIpc) is 2.47. The number of aliphatic hydroxyl groups is 1. The summed E-state index contributed by atoms with van der Waals surface area (Å²) in [7, 11) is 0. The Balaban J connectivity index is 1.51. The zero-order valence-electron chi connectivity index (χ0n) is 11.8. The molecule has 19 heavy (non-hydrogen) atoms.